The van der Waals surface area contributed by atoms with Crippen LogP contribution in [-0.2, 0) is 10.0 Å². The van der Waals surface area contributed by atoms with Crippen LogP contribution in [0.1, 0.15) is 12.6 Å². The molecule has 0 amide bonds. The number of hydrogen-bond donors (Lipinski definition) is 2. The molecule has 2 heterocycles. The van der Waals surface area contributed by atoms with Crippen LogP contribution in [0.2, 0.25) is 0 Å². The van der Waals surface area contributed by atoms with E-state index in [0.29, 0.717) is 18.1 Å². The molecular weight excluding hydrogens is 326 g/mol. The highest BCUT2D eigenvalue weighted by Crippen LogP contribution is 2.16. The summed E-state index contributed by atoms with van der Waals surface area (Å²) in [5.41, 5.74) is 0.526. The van der Waals surface area contributed by atoms with Crippen molar-refractivity contribution < 1.29 is 8.42 Å². The molecule has 0 aromatic carbocycles. The van der Waals surface area contributed by atoms with Gasteiger partial charge in [0, 0.05) is 18.8 Å². The first-order chi connectivity index (χ1) is 9.95. The zero-order chi connectivity index (χ0) is 15.5. The van der Waals surface area contributed by atoms with Crippen molar-refractivity contribution in [2.24, 2.45) is 0 Å². The zero-order valence-corrected chi connectivity index (χ0v) is 14.3. The third-order valence-corrected chi connectivity index (χ3v) is 4.72. The molecule has 2 rings (SSSR count). The molecule has 9 heteroatoms. The molecule has 2 N–H and O–H groups in total. The van der Waals surface area contributed by atoms with Crippen LogP contribution < -0.4 is 10.0 Å². The van der Waals surface area contributed by atoms with Gasteiger partial charge < -0.3 is 5.32 Å². The predicted molar refractivity (Wildman–Crippen MR) is 87.1 cm³/mol. The molecule has 2 aromatic rings. The number of pyridine rings is 1. The van der Waals surface area contributed by atoms with Crippen molar-refractivity contribution in [1.82, 2.24) is 24.8 Å². The summed E-state index contributed by atoms with van der Waals surface area (Å²) in [6.07, 6.45) is 2.98. The molecule has 0 saturated carbocycles. The zero-order valence-electron chi connectivity index (χ0n) is 12.6. The minimum absolute atomic E-state index is 0. The van der Waals surface area contributed by atoms with Gasteiger partial charge in [-0.25, -0.2) is 22.8 Å². The van der Waals surface area contributed by atoms with E-state index in [1.165, 1.54) is 10.9 Å². The molecule has 7 nitrogen and oxygen atoms in total. The van der Waals surface area contributed by atoms with Crippen molar-refractivity contribution in [2.75, 3.05) is 13.6 Å². The quantitative estimate of drug-likeness (QED) is 0.811. The van der Waals surface area contributed by atoms with Crippen LogP contribution in [0.25, 0.3) is 5.82 Å². The lowest BCUT2D eigenvalue weighted by Gasteiger charge is -2.11. The molecule has 122 valence electrons. The summed E-state index contributed by atoms with van der Waals surface area (Å²) in [5, 5.41) is 7.10. The molecule has 0 bridgehead atoms. The molecular formula is C13H20ClN5O2S. The van der Waals surface area contributed by atoms with E-state index in [-0.39, 0.29) is 23.3 Å². The van der Waals surface area contributed by atoms with Gasteiger partial charge in [-0.2, -0.15) is 5.10 Å². The van der Waals surface area contributed by atoms with Crippen molar-refractivity contribution in [3.05, 3.63) is 36.3 Å². The van der Waals surface area contributed by atoms with Crippen LogP contribution in [0.3, 0.4) is 0 Å². The second kappa shape index (κ2) is 7.68. The maximum Gasteiger partial charge on any atom is 0.244 e. The normalized spacial score (nSPS) is 12.7. The molecule has 0 aliphatic rings. The van der Waals surface area contributed by atoms with Gasteiger partial charge in [0.05, 0.1) is 11.9 Å². The Morgan fingerprint density at radius 1 is 1.36 bits per heavy atom. The Morgan fingerprint density at radius 2 is 2.09 bits per heavy atom. The molecule has 0 aliphatic carbocycles. The summed E-state index contributed by atoms with van der Waals surface area (Å²) in [6.45, 7) is 3.91. The molecule has 22 heavy (non-hydrogen) atoms. The fourth-order valence-corrected chi connectivity index (χ4v) is 3.07. The second-order valence-electron chi connectivity index (χ2n) is 4.74. The first-order valence-electron chi connectivity index (χ1n) is 6.58. The Balaban J connectivity index is 0.00000242. The Kier molecular flexibility index (Phi) is 6.48. The molecule has 0 radical (unpaired) electrons. The van der Waals surface area contributed by atoms with Gasteiger partial charge in [-0.15, -0.1) is 12.4 Å². The highest BCUT2D eigenvalue weighted by molar-refractivity contribution is 7.89. The maximum atomic E-state index is 12.3. The molecule has 1 unspecified atom stereocenters. The average Bonchev–Trinajstić information content (AvgIpc) is 2.88. The smallest absolute Gasteiger partial charge is 0.244 e. The maximum absolute atomic E-state index is 12.3. The lowest BCUT2D eigenvalue weighted by molar-refractivity contribution is 0.554. The Morgan fingerprint density at radius 3 is 2.68 bits per heavy atom. The molecule has 0 aliphatic heterocycles. The molecule has 0 fully saturated rings. The first-order valence-corrected chi connectivity index (χ1v) is 8.07. The number of nitrogens with one attached hydrogen (secondary N) is 2. The Labute approximate surface area is 136 Å². The second-order valence-corrected chi connectivity index (χ2v) is 6.47. The third-order valence-electron chi connectivity index (χ3n) is 3.19. The van der Waals surface area contributed by atoms with Crippen LogP contribution in [0.4, 0.5) is 0 Å². The summed E-state index contributed by atoms with van der Waals surface area (Å²) < 4.78 is 28.7. The summed E-state index contributed by atoms with van der Waals surface area (Å²) in [5.74, 6) is 0.583. The van der Waals surface area contributed by atoms with E-state index in [0.717, 1.165) is 0 Å². The minimum atomic E-state index is -3.58. The number of sulfonamides is 1. The standard InChI is InChI=1S/C13H19N5O2S.ClH/c1-10(14-3)8-17-21(19,20)12-9-16-18(11(12)2)13-6-4-5-7-15-13;/h4-7,9-10,14,17H,8H2,1-3H3;1H. The number of rotatable bonds is 6. The molecule has 0 saturated heterocycles. The van der Waals surface area contributed by atoms with E-state index in [1.807, 2.05) is 13.0 Å². The van der Waals surface area contributed by atoms with Gasteiger partial charge in [0.25, 0.3) is 0 Å². The van der Waals surface area contributed by atoms with Gasteiger partial charge in [-0.3, -0.25) is 0 Å². The number of likely N-dealkylation sites (N-methyl/N-ethyl adjacent to an activating group) is 1. The van der Waals surface area contributed by atoms with Gasteiger partial charge in [-0.1, -0.05) is 6.07 Å². The van der Waals surface area contributed by atoms with Crippen molar-refractivity contribution in [3.63, 3.8) is 0 Å². The van der Waals surface area contributed by atoms with E-state index in [1.54, 1.807) is 32.3 Å². The van der Waals surface area contributed by atoms with Crippen LogP contribution in [0, 0.1) is 6.92 Å². The van der Waals surface area contributed by atoms with Gasteiger partial charge in [0.2, 0.25) is 10.0 Å². The summed E-state index contributed by atoms with van der Waals surface area (Å²) in [4.78, 5) is 4.33. The summed E-state index contributed by atoms with van der Waals surface area (Å²) in [7, 11) is -1.80. The van der Waals surface area contributed by atoms with Crippen molar-refractivity contribution in [1.29, 1.82) is 0 Å². The van der Waals surface area contributed by atoms with Crippen LogP contribution in [0.15, 0.2) is 35.5 Å². The van der Waals surface area contributed by atoms with Gasteiger partial charge >= 0.3 is 0 Å². The van der Waals surface area contributed by atoms with Crippen LogP contribution >= 0.6 is 12.4 Å². The first kappa shape index (κ1) is 18.6. The highest BCUT2D eigenvalue weighted by atomic mass is 35.5. The Bertz CT molecular complexity index is 702. The SMILES string of the molecule is CNC(C)CNS(=O)(=O)c1cnn(-c2ccccn2)c1C.Cl. The summed E-state index contributed by atoms with van der Waals surface area (Å²) >= 11 is 0. The predicted octanol–water partition coefficient (Wildman–Crippen LogP) is 0.884. The number of hydrogen-bond acceptors (Lipinski definition) is 5. The average molecular weight is 346 g/mol. The van der Waals surface area contributed by atoms with E-state index >= 15 is 0 Å². The van der Waals surface area contributed by atoms with Crippen LogP contribution in [-0.4, -0.2) is 42.8 Å². The topological polar surface area (TPSA) is 88.9 Å². The van der Waals surface area contributed by atoms with E-state index < -0.39 is 10.0 Å². The number of halogens is 1. The lowest BCUT2D eigenvalue weighted by Crippen LogP contribution is -2.37. The lowest BCUT2D eigenvalue weighted by atomic mass is 10.4. The fourth-order valence-electron chi connectivity index (χ4n) is 1.78. The van der Waals surface area contributed by atoms with Gasteiger partial charge in [0.1, 0.15) is 4.90 Å². The molecule has 1 atom stereocenters. The van der Waals surface area contributed by atoms with E-state index in [4.69, 9.17) is 0 Å². The van der Waals surface area contributed by atoms with E-state index in [9.17, 15) is 8.42 Å². The van der Waals surface area contributed by atoms with Gasteiger partial charge in [-0.05, 0) is 33.0 Å². The molecule has 0 spiro atoms. The van der Waals surface area contributed by atoms with Crippen molar-refractivity contribution in [2.45, 2.75) is 24.8 Å². The van der Waals surface area contributed by atoms with Crippen molar-refractivity contribution >= 4 is 22.4 Å². The monoisotopic (exact) mass is 345 g/mol. The largest absolute Gasteiger partial charge is 0.316 e. The third kappa shape index (κ3) is 4.04. The van der Waals surface area contributed by atoms with Crippen molar-refractivity contribution in [3.8, 4) is 5.82 Å². The number of nitrogens with zero attached hydrogens (tertiary/aromatic N) is 3. The number of aromatic nitrogens is 3. The highest BCUT2D eigenvalue weighted by Gasteiger charge is 2.21. The minimum Gasteiger partial charge on any atom is -0.316 e. The van der Waals surface area contributed by atoms with Crippen LogP contribution in [0.5, 0.6) is 0 Å². The molecule has 2 aromatic heterocycles. The van der Waals surface area contributed by atoms with Gasteiger partial charge in [0.15, 0.2) is 5.82 Å². The Hall–Kier alpha value is -1.48. The summed E-state index contributed by atoms with van der Waals surface area (Å²) in [6, 6.07) is 5.43. The fraction of sp³-hybridized carbons (Fsp3) is 0.385. The van der Waals surface area contributed by atoms with E-state index in [2.05, 4.69) is 20.1 Å².